The van der Waals surface area contributed by atoms with Crippen molar-refractivity contribution in [3.63, 3.8) is 0 Å². The van der Waals surface area contributed by atoms with Crippen molar-refractivity contribution in [3.8, 4) is 0 Å². The number of anilines is 3. The standard InChI is InChI=1S/C14H15FN2/c1-9-5-3-4-6-13(9)17-14-7-10(2)11(15)8-12(14)16/h3-8,17H,16H2,1-2H3. The molecular formula is C14H15FN2. The Labute approximate surface area is 100 Å². The molecule has 0 unspecified atom stereocenters. The van der Waals surface area contributed by atoms with E-state index in [1.165, 1.54) is 6.07 Å². The Bertz CT molecular complexity index is 550. The minimum Gasteiger partial charge on any atom is -0.397 e. The van der Waals surface area contributed by atoms with Gasteiger partial charge in [-0.2, -0.15) is 0 Å². The Balaban J connectivity index is 2.37. The van der Waals surface area contributed by atoms with Crippen LogP contribution < -0.4 is 11.1 Å². The summed E-state index contributed by atoms with van der Waals surface area (Å²) in [7, 11) is 0. The maximum atomic E-state index is 13.3. The highest BCUT2D eigenvalue weighted by Crippen LogP contribution is 2.27. The molecular weight excluding hydrogens is 215 g/mol. The Morgan fingerprint density at radius 2 is 1.71 bits per heavy atom. The van der Waals surface area contributed by atoms with E-state index in [0.29, 0.717) is 11.3 Å². The summed E-state index contributed by atoms with van der Waals surface area (Å²) in [6.07, 6.45) is 0. The highest BCUT2D eigenvalue weighted by Gasteiger charge is 2.05. The average Bonchev–Trinajstić information content (AvgIpc) is 2.29. The van der Waals surface area contributed by atoms with Crippen LogP contribution in [0.15, 0.2) is 36.4 Å². The molecule has 0 spiro atoms. The lowest BCUT2D eigenvalue weighted by Gasteiger charge is -2.12. The molecule has 17 heavy (non-hydrogen) atoms. The fourth-order valence-corrected chi connectivity index (χ4v) is 1.66. The largest absolute Gasteiger partial charge is 0.397 e. The Hall–Kier alpha value is -2.03. The topological polar surface area (TPSA) is 38.0 Å². The highest BCUT2D eigenvalue weighted by molar-refractivity contribution is 5.74. The summed E-state index contributed by atoms with van der Waals surface area (Å²) in [5.74, 6) is -0.280. The molecule has 0 atom stereocenters. The Morgan fingerprint density at radius 1 is 1.00 bits per heavy atom. The van der Waals surface area contributed by atoms with E-state index in [2.05, 4.69) is 5.32 Å². The van der Waals surface area contributed by atoms with Gasteiger partial charge in [0, 0.05) is 5.69 Å². The lowest BCUT2D eigenvalue weighted by molar-refractivity contribution is 0.619. The van der Waals surface area contributed by atoms with E-state index in [1.54, 1.807) is 13.0 Å². The average molecular weight is 230 g/mol. The fraction of sp³-hybridized carbons (Fsp3) is 0.143. The third kappa shape index (κ3) is 2.38. The van der Waals surface area contributed by atoms with Gasteiger partial charge in [0.05, 0.1) is 11.4 Å². The first-order chi connectivity index (χ1) is 8.08. The van der Waals surface area contributed by atoms with Crippen LogP contribution in [0.5, 0.6) is 0 Å². The van der Waals surface area contributed by atoms with Crippen molar-refractivity contribution < 1.29 is 4.39 Å². The van der Waals surface area contributed by atoms with Gasteiger partial charge in [0.2, 0.25) is 0 Å². The van der Waals surface area contributed by atoms with Crippen molar-refractivity contribution in [1.29, 1.82) is 0 Å². The number of rotatable bonds is 2. The molecule has 0 radical (unpaired) electrons. The van der Waals surface area contributed by atoms with Gasteiger partial charge in [0.25, 0.3) is 0 Å². The first kappa shape index (κ1) is 11.5. The minimum absolute atomic E-state index is 0.280. The van der Waals surface area contributed by atoms with Gasteiger partial charge in [-0.15, -0.1) is 0 Å². The van der Waals surface area contributed by atoms with Crippen LogP contribution >= 0.6 is 0 Å². The van der Waals surface area contributed by atoms with Crippen LogP contribution in [0.1, 0.15) is 11.1 Å². The van der Waals surface area contributed by atoms with Gasteiger partial charge in [-0.3, -0.25) is 0 Å². The van der Waals surface area contributed by atoms with Crippen LogP contribution in [0.2, 0.25) is 0 Å². The van der Waals surface area contributed by atoms with Crippen LogP contribution in [-0.4, -0.2) is 0 Å². The number of hydrogen-bond acceptors (Lipinski definition) is 2. The van der Waals surface area contributed by atoms with Gasteiger partial charge < -0.3 is 11.1 Å². The number of halogens is 1. The monoisotopic (exact) mass is 230 g/mol. The molecule has 0 aliphatic carbocycles. The second-order valence-electron chi connectivity index (χ2n) is 4.13. The van der Waals surface area contributed by atoms with E-state index in [1.807, 2.05) is 31.2 Å². The molecule has 88 valence electrons. The first-order valence-corrected chi connectivity index (χ1v) is 5.46. The van der Waals surface area contributed by atoms with Crippen molar-refractivity contribution in [2.24, 2.45) is 0 Å². The van der Waals surface area contributed by atoms with Gasteiger partial charge in [-0.05, 0) is 43.2 Å². The van der Waals surface area contributed by atoms with Crippen LogP contribution in [0.3, 0.4) is 0 Å². The summed E-state index contributed by atoms with van der Waals surface area (Å²) in [4.78, 5) is 0. The maximum Gasteiger partial charge on any atom is 0.128 e. The first-order valence-electron chi connectivity index (χ1n) is 5.46. The van der Waals surface area contributed by atoms with E-state index in [9.17, 15) is 4.39 Å². The van der Waals surface area contributed by atoms with Crippen molar-refractivity contribution in [2.45, 2.75) is 13.8 Å². The summed E-state index contributed by atoms with van der Waals surface area (Å²) in [6.45, 7) is 3.73. The molecule has 0 aliphatic heterocycles. The zero-order valence-electron chi connectivity index (χ0n) is 9.92. The van der Waals surface area contributed by atoms with Crippen molar-refractivity contribution in [1.82, 2.24) is 0 Å². The number of hydrogen-bond donors (Lipinski definition) is 2. The second kappa shape index (κ2) is 4.45. The molecule has 0 fully saturated rings. The molecule has 0 bridgehead atoms. The van der Waals surface area contributed by atoms with E-state index in [0.717, 1.165) is 16.9 Å². The molecule has 3 N–H and O–H groups in total. The molecule has 0 heterocycles. The molecule has 0 saturated heterocycles. The van der Waals surface area contributed by atoms with Gasteiger partial charge >= 0.3 is 0 Å². The van der Waals surface area contributed by atoms with Crippen molar-refractivity contribution >= 4 is 17.1 Å². The normalized spacial score (nSPS) is 10.3. The van der Waals surface area contributed by atoms with Gasteiger partial charge in [-0.1, -0.05) is 18.2 Å². The Kier molecular flexibility index (Phi) is 3.00. The molecule has 2 aromatic carbocycles. The fourth-order valence-electron chi connectivity index (χ4n) is 1.66. The van der Waals surface area contributed by atoms with Gasteiger partial charge in [0.1, 0.15) is 5.82 Å². The number of para-hydroxylation sites is 1. The van der Waals surface area contributed by atoms with Gasteiger partial charge in [0.15, 0.2) is 0 Å². The van der Waals surface area contributed by atoms with E-state index >= 15 is 0 Å². The summed E-state index contributed by atoms with van der Waals surface area (Å²) >= 11 is 0. The summed E-state index contributed by atoms with van der Waals surface area (Å²) in [5.41, 5.74) is 9.61. The number of nitrogens with two attached hydrogens (primary N) is 1. The molecule has 0 saturated carbocycles. The number of nitrogen functional groups attached to an aromatic ring is 1. The quantitative estimate of drug-likeness (QED) is 0.771. The van der Waals surface area contributed by atoms with Crippen LogP contribution in [0.25, 0.3) is 0 Å². The summed E-state index contributed by atoms with van der Waals surface area (Å²) in [6, 6.07) is 11.0. The second-order valence-corrected chi connectivity index (χ2v) is 4.13. The summed E-state index contributed by atoms with van der Waals surface area (Å²) < 4.78 is 13.3. The zero-order chi connectivity index (χ0) is 12.4. The number of aryl methyl sites for hydroxylation is 2. The Morgan fingerprint density at radius 3 is 2.41 bits per heavy atom. The predicted octanol–water partition coefficient (Wildman–Crippen LogP) is 3.77. The van der Waals surface area contributed by atoms with Gasteiger partial charge in [-0.25, -0.2) is 4.39 Å². The zero-order valence-corrected chi connectivity index (χ0v) is 9.92. The van der Waals surface area contributed by atoms with Crippen molar-refractivity contribution in [3.05, 3.63) is 53.3 Å². The third-order valence-electron chi connectivity index (χ3n) is 2.75. The molecule has 2 aromatic rings. The number of nitrogens with one attached hydrogen (secondary N) is 1. The summed E-state index contributed by atoms with van der Waals surface area (Å²) in [5, 5.41) is 3.22. The molecule has 0 amide bonds. The SMILES string of the molecule is Cc1cc(Nc2ccccc2C)c(N)cc1F. The van der Waals surface area contributed by atoms with E-state index in [4.69, 9.17) is 5.73 Å². The lowest BCUT2D eigenvalue weighted by Crippen LogP contribution is -1.99. The van der Waals surface area contributed by atoms with Crippen molar-refractivity contribution in [2.75, 3.05) is 11.1 Å². The third-order valence-corrected chi connectivity index (χ3v) is 2.75. The predicted molar refractivity (Wildman–Crippen MR) is 70.0 cm³/mol. The van der Waals surface area contributed by atoms with Crippen LogP contribution in [-0.2, 0) is 0 Å². The maximum absolute atomic E-state index is 13.3. The molecule has 3 heteroatoms. The minimum atomic E-state index is -0.280. The lowest BCUT2D eigenvalue weighted by atomic mass is 10.1. The highest BCUT2D eigenvalue weighted by atomic mass is 19.1. The molecule has 0 aromatic heterocycles. The molecule has 2 rings (SSSR count). The van der Waals surface area contributed by atoms with Crippen LogP contribution in [0.4, 0.5) is 21.5 Å². The number of benzene rings is 2. The molecule has 2 nitrogen and oxygen atoms in total. The molecule has 0 aliphatic rings. The van der Waals surface area contributed by atoms with E-state index < -0.39 is 0 Å². The van der Waals surface area contributed by atoms with Crippen LogP contribution in [0, 0.1) is 19.7 Å². The van der Waals surface area contributed by atoms with E-state index in [-0.39, 0.29) is 5.82 Å². The smallest absolute Gasteiger partial charge is 0.128 e.